The van der Waals surface area contributed by atoms with Crippen LogP contribution < -0.4 is 65.5 Å². The lowest BCUT2D eigenvalue weighted by molar-refractivity contribution is 0.102. The van der Waals surface area contributed by atoms with E-state index in [9.17, 15) is 33.2 Å². The number of anilines is 12. The van der Waals surface area contributed by atoms with Crippen molar-refractivity contribution in [3.8, 4) is 23.0 Å². The minimum atomic E-state index is -0.458. The van der Waals surface area contributed by atoms with Crippen molar-refractivity contribution in [2.24, 2.45) is 0 Å². The molecule has 5 aliphatic rings. The van der Waals surface area contributed by atoms with Gasteiger partial charge in [0.15, 0.2) is 29.0 Å². The Morgan fingerprint density at radius 1 is 0.437 bits per heavy atom. The quantitative estimate of drug-likeness (QED) is 0.0438. The molecule has 0 atom stereocenters. The molecule has 7 aromatic heterocycles. The first-order chi connectivity index (χ1) is 58.0. The monoisotopic (exact) mass is 1780 g/mol. The Balaban J connectivity index is 0.000000129. The second kappa shape index (κ2) is 34.1. The van der Waals surface area contributed by atoms with Crippen molar-refractivity contribution in [1.29, 1.82) is 0 Å². The molecule has 0 aliphatic carbocycles. The molecule has 0 radical (unpaired) electrons. The van der Waals surface area contributed by atoms with Gasteiger partial charge in [-0.1, -0.05) is 49.2 Å². The molecule has 35 heteroatoms. The topological polar surface area (TPSA) is 323 Å². The Morgan fingerprint density at radius 2 is 0.849 bits per heavy atom. The van der Waals surface area contributed by atoms with Gasteiger partial charge in [0.1, 0.15) is 65.4 Å². The van der Waals surface area contributed by atoms with Crippen LogP contribution in [0, 0.1) is 5.82 Å². The van der Waals surface area contributed by atoms with Gasteiger partial charge in [0.25, 0.3) is 17.7 Å². The summed E-state index contributed by atoms with van der Waals surface area (Å²) in [4.78, 5) is 119. The highest BCUT2D eigenvalue weighted by molar-refractivity contribution is 9.11. The number of benzene rings is 7. The zero-order valence-electron chi connectivity index (χ0n) is 64.1. The van der Waals surface area contributed by atoms with Gasteiger partial charge in [-0.25, -0.2) is 63.4 Å². The first-order valence-corrected chi connectivity index (χ1v) is 41.8. The molecule has 19 rings (SSSR count). The van der Waals surface area contributed by atoms with Crippen LogP contribution in [0.5, 0.6) is 23.0 Å². The second-order valence-corrected chi connectivity index (χ2v) is 32.9. The predicted octanol–water partition coefficient (Wildman–Crippen LogP) is 18.9. The molecule has 14 aromatic rings. The van der Waals surface area contributed by atoms with Crippen molar-refractivity contribution < 1.29 is 52.1 Å². The predicted molar refractivity (Wildman–Crippen MR) is 467 cm³/mol. The number of urea groups is 3. The van der Waals surface area contributed by atoms with Gasteiger partial charge in [-0.15, -0.1) is 34.0 Å². The molecule has 0 saturated carbocycles. The summed E-state index contributed by atoms with van der Waals surface area (Å²) in [5, 5.41) is 24.6. The molecule has 6 N–H and O–H groups in total. The number of methoxy groups -OCH3 is 4. The first-order valence-electron chi connectivity index (χ1n) is 37.8. The summed E-state index contributed by atoms with van der Waals surface area (Å²) in [6, 6.07) is 42.2. The van der Waals surface area contributed by atoms with Gasteiger partial charge in [-0.3, -0.25) is 28.9 Å². The zero-order chi connectivity index (χ0) is 82.1. The number of piperidine rings is 2. The molecule has 2 fully saturated rings. The lowest BCUT2D eigenvalue weighted by atomic mass is 10.1. The van der Waals surface area contributed by atoms with E-state index in [1.165, 1.54) is 132 Å². The summed E-state index contributed by atoms with van der Waals surface area (Å²) in [5.41, 5.74) is 8.85. The van der Waals surface area contributed by atoms with Crippen LogP contribution in [-0.2, 0) is 19.6 Å². The number of thiophene rings is 3. The summed E-state index contributed by atoms with van der Waals surface area (Å²) in [6.45, 7) is 6.75. The number of likely N-dealkylation sites (tertiary alicyclic amines) is 2. The fourth-order valence-corrected chi connectivity index (χ4v) is 18.7. The average Bonchev–Trinajstić information content (AvgIpc) is 1.61. The largest absolute Gasteiger partial charge is 0.495 e. The van der Waals surface area contributed by atoms with Gasteiger partial charge in [0.05, 0.1) is 106 Å². The summed E-state index contributed by atoms with van der Waals surface area (Å²) in [5.74, 6) is 2.01. The molecule has 119 heavy (non-hydrogen) atoms. The second-order valence-electron chi connectivity index (χ2n) is 28.2. The summed E-state index contributed by atoms with van der Waals surface area (Å²) >= 11 is 10.5. The van der Waals surface area contributed by atoms with E-state index in [1.807, 2.05) is 60.7 Å². The van der Waals surface area contributed by atoms with E-state index in [1.54, 1.807) is 85.8 Å². The van der Waals surface area contributed by atoms with Crippen molar-refractivity contribution >= 4 is 212 Å². The minimum absolute atomic E-state index is 0.297. The average molecular weight is 1780 g/mol. The van der Waals surface area contributed by atoms with Crippen LogP contribution in [0.3, 0.4) is 0 Å². The van der Waals surface area contributed by atoms with E-state index in [-0.39, 0.29) is 17.6 Å². The molecule has 29 nitrogen and oxygen atoms in total. The van der Waals surface area contributed by atoms with Gasteiger partial charge in [-0.2, -0.15) is 5.10 Å². The summed E-state index contributed by atoms with van der Waals surface area (Å²) < 4.78 is 38.4. The van der Waals surface area contributed by atoms with Crippen LogP contribution in [0.25, 0.3) is 41.6 Å². The number of nitrogens with one attached hydrogen (secondary N) is 6. The number of carbonyl (C=O) groups excluding carboxylic acids is 6. The molecule has 5 aliphatic heterocycles. The Kier molecular flexibility index (Phi) is 22.6. The molecule has 2 saturated heterocycles. The number of nitrogens with zero attached hydrogens (tertiary/aromatic N) is 13. The summed E-state index contributed by atoms with van der Waals surface area (Å²) in [6.07, 6.45) is 13.5. The van der Waals surface area contributed by atoms with E-state index in [2.05, 4.69) is 121 Å². The van der Waals surface area contributed by atoms with Gasteiger partial charge < -0.3 is 50.8 Å². The van der Waals surface area contributed by atoms with E-state index in [0.29, 0.717) is 143 Å². The Bertz CT molecular complexity index is 6340. The number of halogens is 3. The number of carbonyl (C=O) groups is 6. The standard InChI is InChI=1S/C34H29FN8O2S.C27H25BrN6O3S.C23H18BrN5O5S/c35-24-6-4-5-22(15-24)19-42-27-12-11-26(16-23(27)17-38-42)43-31-28-29(40-34(43)45)30(46-33(28)37-20-36-31)32(44)39-25-9-7-21(8-10-25)18-41-13-2-1-3-14-41;1-37-20-13-18(9-10-19(20)28)34-24-21-22(32-27(34)36)23(38-26(21)30-15-29-24)25(35)31-17-7-5-16(6-8-17)14-33-11-3-2-4-12-33;1-32-14-7-4-11(8-16(14)34-3)27-21(30)19-18-17-20(25-10-26-22(17)35-19)29(23(31)28-18)12-5-6-13(24)15(9-12)33-2/h4-12,15-17,20H,1-3,13-14,18-19H2,(H,39,44)(H,40,45);5-10,13,15H,2-4,11-12,14H2,1H3,(H,31,35)(H,32,36);4-10H,1-3H3,(H,27,30)(H,28,31). The van der Waals surface area contributed by atoms with Crippen LogP contribution >= 0.6 is 65.9 Å². The maximum atomic E-state index is 13.7. The van der Waals surface area contributed by atoms with Crippen LogP contribution in [-0.4, -0.2) is 140 Å². The van der Waals surface area contributed by atoms with Gasteiger partial charge in [0.2, 0.25) is 0 Å². The smallest absolute Gasteiger partial charge is 0.332 e. The maximum Gasteiger partial charge on any atom is 0.332 e. The minimum Gasteiger partial charge on any atom is -0.495 e. The fourth-order valence-electron chi connectivity index (χ4n) is 14.9. The number of ether oxygens (including phenoxy) is 4. The van der Waals surface area contributed by atoms with Gasteiger partial charge >= 0.3 is 18.1 Å². The van der Waals surface area contributed by atoms with Crippen LogP contribution in [0.4, 0.5) is 87.4 Å². The highest BCUT2D eigenvalue weighted by Crippen LogP contribution is 2.50. The Morgan fingerprint density at radius 3 is 1.28 bits per heavy atom. The number of amides is 9. The van der Waals surface area contributed by atoms with Crippen LogP contribution in [0.1, 0.15) is 84.2 Å². The van der Waals surface area contributed by atoms with E-state index < -0.39 is 24.0 Å². The Hall–Kier alpha value is -12.6. The van der Waals surface area contributed by atoms with E-state index in [0.717, 1.165) is 76.0 Å². The lowest BCUT2D eigenvalue weighted by Gasteiger charge is -2.27. The van der Waals surface area contributed by atoms with Crippen LogP contribution in [0.15, 0.2) is 180 Å². The van der Waals surface area contributed by atoms with Crippen molar-refractivity contribution in [2.75, 3.05) is 101 Å². The van der Waals surface area contributed by atoms with Crippen molar-refractivity contribution in [2.45, 2.75) is 58.2 Å². The number of hydrogen-bond acceptors (Lipinski definition) is 22. The maximum absolute atomic E-state index is 13.7. The van der Waals surface area contributed by atoms with E-state index >= 15 is 0 Å². The van der Waals surface area contributed by atoms with Crippen molar-refractivity contribution in [3.05, 3.63) is 217 Å². The molecule has 12 heterocycles. The van der Waals surface area contributed by atoms with Crippen molar-refractivity contribution in [1.82, 2.24) is 49.5 Å². The number of hydrogen-bond donors (Lipinski definition) is 6. The molecule has 602 valence electrons. The van der Waals surface area contributed by atoms with Gasteiger partial charge in [0, 0.05) is 53.7 Å². The highest BCUT2D eigenvalue weighted by atomic mass is 79.9. The zero-order valence-corrected chi connectivity index (χ0v) is 69.7. The van der Waals surface area contributed by atoms with E-state index in [4.69, 9.17) is 18.9 Å². The third-order valence-electron chi connectivity index (χ3n) is 20.6. The Labute approximate surface area is 707 Å². The molecule has 0 bridgehead atoms. The molecular weight excluding hydrogens is 1710 g/mol. The fraction of sp³-hybridized carbons (Fsp3) is 0.202. The highest BCUT2D eigenvalue weighted by Gasteiger charge is 2.38. The first kappa shape index (κ1) is 78.9. The molecule has 7 aromatic carbocycles. The molecular formula is C84H72Br2FN19O10S3. The van der Waals surface area contributed by atoms with Gasteiger partial charge in [-0.05, 0) is 191 Å². The van der Waals surface area contributed by atoms with Crippen LogP contribution in [0.2, 0.25) is 0 Å². The summed E-state index contributed by atoms with van der Waals surface area (Å²) in [7, 11) is 6.16. The number of fused-ring (bicyclic) bond motifs is 1. The number of rotatable bonds is 19. The lowest BCUT2D eigenvalue weighted by Crippen LogP contribution is -2.35. The molecule has 9 amide bonds. The third-order valence-corrected chi connectivity index (χ3v) is 25.2. The van der Waals surface area contributed by atoms with Crippen molar-refractivity contribution in [3.63, 3.8) is 0 Å². The molecule has 0 unspecified atom stereocenters. The number of aromatic nitrogens is 8. The normalized spacial score (nSPS) is 14.3. The third kappa shape index (κ3) is 16.1. The SMILES string of the molecule is COc1cc(N2C(=O)Nc3c(C(=O)Nc4ccc(CN5CCCCC5)cc4)sc4ncnc2c34)ccc1Br.COc1cc(N2C(=O)Nc3c(C(=O)Nc4ccc(OC)c(OC)c4)sc4ncnc2c34)ccc1Br.O=C(Nc1ccc(CN2CCCCC2)cc1)c1sc2ncnc3c2c1NC(=O)N3c1ccc2c(cnn2Cc2cccc(F)c2)c1. The molecule has 0 spiro atoms.